The predicted molar refractivity (Wildman–Crippen MR) is 87.5 cm³/mol. The highest BCUT2D eigenvalue weighted by Crippen LogP contribution is 2.21. The lowest BCUT2D eigenvalue weighted by atomic mass is 10.0. The zero-order chi connectivity index (χ0) is 15.4. The molecule has 0 unspecified atom stereocenters. The molecule has 0 atom stereocenters. The van der Waals surface area contributed by atoms with E-state index >= 15 is 0 Å². The summed E-state index contributed by atoms with van der Waals surface area (Å²) in [6.07, 6.45) is 1.70. The number of rotatable bonds is 4. The molecular weight excluding hydrogens is 262 g/mol. The first-order valence-electron chi connectivity index (χ1n) is 6.77. The predicted octanol–water partition coefficient (Wildman–Crippen LogP) is 3.69. The number of anilines is 1. The minimum atomic E-state index is -0.921. The minimum absolute atomic E-state index is 0.299. The standard InChI is InChI=1S/C18H19NO2/c1-13-4-8-15(9-5-13)17(18(20)21)12-14-6-10-16(11-7-14)19(2)3/h4-12H,1-3H3,(H,20,21)/b17-12-. The fourth-order valence-corrected chi connectivity index (χ4v) is 2.04. The van der Waals surface area contributed by atoms with Crippen LogP contribution in [0.15, 0.2) is 48.5 Å². The molecule has 0 spiro atoms. The van der Waals surface area contributed by atoms with Gasteiger partial charge in [-0.2, -0.15) is 0 Å². The third-order valence-corrected chi connectivity index (χ3v) is 3.31. The van der Waals surface area contributed by atoms with Crippen LogP contribution in [0.1, 0.15) is 16.7 Å². The van der Waals surface area contributed by atoms with Crippen LogP contribution in [0.4, 0.5) is 5.69 Å². The number of benzene rings is 2. The molecular formula is C18H19NO2. The van der Waals surface area contributed by atoms with E-state index in [1.54, 1.807) is 6.08 Å². The van der Waals surface area contributed by atoms with Crippen LogP contribution in [0.3, 0.4) is 0 Å². The van der Waals surface area contributed by atoms with Crippen molar-refractivity contribution in [2.24, 2.45) is 0 Å². The van der Waals surface area contributed by atoms with E-state index in [-0.39, 0.29) is 0 Å². The van der Waals surface area contributed by atoms with Crippen molar-refractivity contribution >= 4 is 23.3 Å². The summed E-state index contributed by atoms with van der Waals surface area (Å²) in [7, 11) is 3.94. The SMILES string of the molecule is Cc1ccc(/C(=C/c2ccc(N(C)C)cc2)C(=O)O)cc1. The average Bonchev–Trinajstić information content (AvgIpc) is 2.46. The van der Waals surface area contributed by atoms with Crippen LogP contribution in [-0.4, -0.2) is 25.2 Å². The molecule has 2 aromatic carbocycles. The molecule has 0 saturated carbocycles. The second-order valence-electron chi connectivity index (χ2n) is 5.22. The summed E-state index contributed by atoms with van der Waals surface area (Å²) >= 11 is 0. The van der Waals surface area contributed by atoms with Gasteiger partial charge in [0, 0.05) is 19.8 Å². The first-order valence-corrected chi connectivity index (χ1v) is 6.77. The second-order valence-corrected chi connectivity index (χ2v) is 5.22. The van der Waals surface area contributed by atoms with Gasteiger partial charge in [0.1, 0.15) is 0 Å². The van der Waals surface area contributed by atoms with Crippen LogP contribution in [-0.2, 0) is 4.79 Å². The summed E-state index contributed by atoms with van der Waals surface area (Å²) in [5.74, 6) is -0.921. The van der Waals surface area contributed by atoms with Crippen LogP contribution in [0.25, 0.3) is 11.6 Å². The van der Waals surface area contributed by atoms with Crippen molar-refractivity contribution in [1.82, 2.24) is 0 Å². The molecule has 0 aliphatic carbocycles. The van der Waals surface area contributed by atoms with E-state index in [4.69, 9.17) is 0 Å². The zero-order valence-electron chi connectivity index (χ0n) is 12.5. The van der Waals surface area contributed by atoms with Gasteiger partial charge in [-0.3, -0.25) is 0 Å². The highest BCUT2D eigenvalue weighted by Gasteiger charge is 2.10. The van der Waals surface area contributed by atoms with Gasteiger partial charge in [-0.15, -0.1) is 0 Å². The van der Waals surface area contributed by atoms with Gasteiger partial charge in [0.2, 0.25) is 0 Å². The molecule has 2 rings (SSSR count). The normalized spacial score (nSPS) is 11.3. The van der Waals surface area contributed by atoms with Crippen molar-refractivity contribution in [1.29, 1.82) is 0 Å². The summed E-state index contributed by atoms with van der Waals surface area (Å²) in [5.41, 5.74) is 4.08. The molecule has 21 heavy (non-hydrogen) atoms. The van der Waals surface area contributed by atoms with E-state index in [2.05, 4.69) is 0 Å². The topological polar surface area (TPSA) is 40.5 Å². The molecule has 0 fully saturated rings. The Bertz CT molecular complexity index is 653. The number of carbonyl (C=O) groups is 1. The van der Waals surface area contributed by atoms with E-state index in [0.717, 1.165) is 16.8 Å². The molecule has 0 saturated heterocycles. The van der Waals surface area contributed by atoms with Crippen molar-refractivity contribution in [2.75, 3.05) is 19.0 Å². The van der Waals surface area contributed by atoms with Crippen LogP contribution in [0, 0.1) is 6.92 Å². The van der Waals surface area contributed by atoms with E-state index < -0.39 is 5.97 Å². The summed E-state index contributed by atoms with van der Waals surface area (Å²) in [4.78, 5) is 13.5. The van der Waals surface area contributed by atoms with Gasteiger partial charge in [0.25, 0.3) is 0 Å². The van der Waals surface area contributed by atoms with Crippen LogP contribution < -0.4 is 4.90 Å². The Morgan fingerprint density at radius 1 is 1.00 bits per heavy atom. The lowest BCUT2D eigenvalue weighted by Crippen LogP contribution is -2.08. The molecule has 2 aromatic rings. The van der Waals surface area contributed by atoms with Crippen LogP contribution in [0.5, 0.6) is 0 Å². The molecule has 0 amide bonds. The third-order valence-electron chi connectivity index (χ3n) is 3.31. The monoisotopic (exact) mass is 281 g/mol. The first kappa shape index (κ1) is 14.9. The number of aliphatic carboxylic acids is 1. The molecule has 0 aliphatic rings. The number of hydrogen-bond donors (Lipinski definition) is 1. The molecule has 1 N–H and O–H groups in total. The Balaban J connectivity index is 2.37. The lowest BCUT2D eigenvalue weighted by molar-refractivity contribution is -0.130. The fraction of sp³-hybridized carbons (Fsp3) is 0.167. The first-order chi connectivity index (χ1) is 9.97. The Morgan fingerprint density at radius 2 is 1.57 bits per heavy atom. The molecule has 3 nitrogen and oxygen atoms in total. The summed E-state index contributed by atoms with van der Waals surface area (Å²) in [6, 6.07) is 15.3. The Labute approximate surface area is 125 Å². The molecule has 0 aromatic heterocycles. The maximum absolute atomic E-state index is 11.5. The maximum Gasteiger partial charge on any atom is 0.336 e. The zero-order valence-corrected chi connectivity index (χ0v) is 12.5. The number of carboxylic acids is 1. The number of carboxylic acid groups (broad SMARTS) is 1. The molecule has 3 heteroatoms. The molecule has 0 aliphatic heterocycles. The van der Waals surface area contributed by atoms with Gasteiger partial charge in [0.15, 0.2) is 0 Å². The van der Waals surface area contributed by atoms with Gasteiger partial charge in [-0.25, -0.2) is 4.79 Å². The number of hydrogen-bond acceptors (Lipinski definition) is 2. The van der Waals surface area contributed by atoms with Gasteiger partial charge in [-0.05, 0) is 36.3 Å². The highest BCUT2D eigenvalue weighted by atomic mass is 16.4. The van der Waals surface area contributed by atoms with Crippen molar-refractivity contribution < 1.29 is 9.90 Å². The van der Waals surface area contributed by atoms with E-state index in [1.165, 1.54) is 0 Å². The van der Waals surface area contributed by atoms with Crippen LogP contribution >= 0.6 is 0 Å². The van der Waals surface area contributed by atoms with Gasteiger partial charge < -0.3 is 10.0 Å². The molecule has 0 radical (unpaired) electrons. The Morgan fingerprint density at radius 3 is 2.05 bits per heavy atom. The quantitative estimate of drug-likeness (QED) is 0.686. The Kier molecular flexibility index (Phi) is 4.43. The van der Waals surface area contributed by atoms with E-state index in [9.17, 15) is 9.90 Å². The van der Waals surface area contributed by atoms with Crippen molar-refractivity contribution in [2.45, 2.75) is 6.92 Å². The van der Waals surface area contributed by atoms with Crippen molar-refractivity contribution in [3.8, 4) is 0 Å². The minimum Gasteiger partial charge on any atom is -0.478 e. The smallest absolute Gasteiger partial charge is 0.336 e. The summed E-state index contributed by atoms with van der Waals surface area (Å²) < 4.78 is 0. The number of aryl methyl sites for hydroxylation is 1. The molecule has 108 valence electrons. The van der Waals surface area contributed by atoms with Gasteiger partial charge in [-0.1, -0.05) is 42.0 Å². The van der Waals surface area contributed by atoms with Crippen molar-refractivity contribution in [3.63, 3.8) is 0 Å². The highest BCUT2D eigenvalue weighted by molar-refractivity contribution is 6.20. The average molecular weight is 281 g/mol. The number of nitrogens with zero attached hydrogens (tertiary/aromatic N) is 1. The van der Waals surface area contributed by atoms with Crippen LogP contribution in [0.2, 0.25) is 0 Å². The molecule has 0 heterocycles. The summed E-state index contributed by atoms with van der Waals surface area (Å²) in [6.45, 7) is 1.98. The van der Waals surface area contributed by atoms with E-state index in [1.807, 2.05) is 74.4 Å². The largest absolute Gasteiger partial charge is 0.478 e. The summed E-state index contributed by atoms with van der Waals surface area (Å²) in [5, 5.41) is 9.42. The third kappa shape index (κ3) is 3.72. The van der Waals surface area contributed by atoms with Crippen molar-refractivity contribution in [3.05, 3.63) is 65.2 Å². The molecule has 0 bridgehead atoms. The van der Waals surface area contributed by atoms with E-state index in [0.29, 0.717) is 11.1 Å². The maximum atomic E-state index is 11.5. The van der Waals surface area contributed by atoms with Gasteiger partial charge >= 0.3 is 5.97 Å². The Hall–Kier alpha value is -2.55. The lowest BCUT2D eigenvalue weighted by Gasteiger charge is -2.12. The second kappa shape index (κ2) is 6.27. The fourth-order valence-electron chi connectivity index (χ4n) is 2.04. The van der Waals surface area contributed by atoms with Gasteiger partial charge in [0.05, 0.1) is 5.57 Å².